The van der Waals surface area contributed by atoms with Gasteiger partial charge in [0.15, 0.2) is 8.32 Å². The van der Waals surface area contributed by atoms with Crippen molar-refractivity contribution in [2.75, 3.05) is 20.8 Å². The predicted octanol–water partition coefficient (Wildman–Crippen LogP) is 4.29. The Bertz CT molecular complexity index is 585. The molecule has 1 aromatic rings. The van der Waals surface area contributed by atoms with Crippen molar-refractivity contribution in [3.05, 3.63) is 41.7 Å². The van der Waals surface area contributed by atoms with Gasteiger partial charge in [-0.1, -0.05) is 32.9 Å². The van der Waals surface area contributed by atoms with Crippen LogP contribution in [0, 0.1) is 0 Å². The molecule has 0 N–H and O–H groups in total. The van der Waals surface area contributed by atoms with E-state index in [1.54, 1.807) is 7.11 Å². The molecular formula is C19H30O5Si. The third-order valence-corrected chi connectivity index (χ3v) is 8.92. The molecule has 0 aliphatic rings. The van der Waals surface area contributed by atoms with Crippen LogP contribution in [-0.2, 0) is 25.3 Å². The highest BCUT2D eigenvalue weighted by molar-refractivity contribution is 6.74. The highest BCUT2D eigenvalue weighted by atomic mass is 28.4. The van der Waals surface area contributed by atoms with Crippen molar-refractivity contribution >= 4 is 14.3 Å². The zero-order valence-electron chi connectivity index (χ0n) is 16.3. The maximum atomic E-state index is 11.6. The molecule has 0 amide bonds. The normalized spacial score (nSPS) is 12.7. The van der Waals surface area contributed by atoms with Crippen LogP contribution in [0.4, 0.5) is 0 Å². The molecule has 1 aromatic carbocycles. The Labute approximate surface area is 152 Å². The second-order valence-corrected chi connectivity index (χ2v) is 12.1. The van der Waals surface area contributed by atoms with E-state index in [4.69, 9.17) is 18.6 Å². The van der Waals surface area contributed by atoms with Crippen molar-refractivity contribution in [1.29, 1.82) is 0 Å². The van der Waals surface area contributed by atoms with Gasteiger partial charge in [-0.3, -0.25) is 0 Å². The van der Waals surface area contributed by atoms with Crippen molar-refractivity contribution in [3.8, 4) is 5.75 Å². The molecule has 0 fully saturated rings. The lowest BCUT2D eigenvalue weighted by Crippen LogP contribution is -2.41. The van der Waals surface area contributed by atoms with Crippen LogP contribution in [-0.4, -0.2) is 35.1 Å². The van der Waals surface area contributed by atoms with Crippen LogP contribution < -0.4 is 4.74 Å². The van der Waals surface area contributed by atoms with Crippen LogP contribution in [0.1, 0.15) is 26.3 Å². The molecule has 0 aliphatic carbocycles. The Hall–Kier alpha value is -1.79. The van der Waals surface area contributed by atoms with E-state index in [0.717, 1.165) is 11.3 Å². The summed E-state index contributed by atoms with van der Waals surface area (Å²) < 4.78 is 21.8. The molecule has 6 heteroatoms. The zero-order valence-corrected chi connectivity index (χ0v) is 17.3. The molecule has 0 bridgehead atoms. The van der Waals surface area contributed by atoms with Gasteiger partial charge in [0.2, 0.25) is 0 Å². The molecule has 0 saturated heterocycles. The molecule has 0 aliphatic heterocycles. The van der Waals surface area contributed by atoms with E-state index in [0.29, 0.717) is 12.4 Å². The minimum atomic E-state index is -1.94. The first kappa shape index (κ1) is 21.2. The van der Waals surface area contributed by atoms with Crippen molar-refractivity contribution in [1.82, 2.24) is 0 Å². The van der Waals surface area contributed by atoms with Crippen molar-refractivity contribution in [2.24, 2.45) is 0 Å². The standard InChI is InChI=1S/C19H30O5Si/c1-19(2,3)25(6,7)24-14-17(12-18(20)22-5)23-13-15-8-10-16(21-4)11-9-15/h8-12H,13-14H2,1-7H3/b17-12+. The van der Waals surface area contributed by atoms with Gasteiger partial charge in [0, 0.05) is 0 Å². The Morgan fingerprint density at radius 2 is 1.72 bits per heavy atom. The summed E-state index contributed by atoms with van der Waals surface area (Å²) in [5, 5.41) is 0.0827. The van der Waals surface area contributed by atoms with Crippen molar-refractivity contribution in [2.45, 2.75) is 45.5 Å². The second kappa shape index (κ2) is 9.06. The molecule has 1 rings (SSSR count). The van der Waals surface area contributed by atoms with E-state index >= 15 is 0 Å². The molecule has 0 saturated carbocycles. The van der Waals surface area contributed by atoms with Crippen LogP contribution in [0.25, 0.3) is 0 Å². The van der Waals surface area contributed by atoms with E-state index < -0.39 is 14.3 Å². The van der Waals surface area contributed by atoms with Gasteiger partial charge in [-0.05, 0) is 35.8 Å². The molecular weight excluding hydrogens is 336 g/mol. The largest absolute Gasteiger partial charge is 0.497 e. The highest BCUT2D eigenvalue weighted by Crippen LogP contribution is 2.36. The number of esters is 1. The summed E-state index contributed by atoms with van der Waals surface area (Å²) in [5.74, 6) is 0.798. The summed E-state index contributed by atoms with van der Waals surface area (Å²) in [6.07, 6.45) is 1.34. The quantitative estimate of drug-likeness (QED) is 0.297. The number of methoxy groups -OCH3 is 2. The lowest BCUT2D eigenvalue weighted by atomic mass is 10.2. The highest BCUT2D eigenvalue weighted by Gasteiger charge is 2.37. The van der Waals surface area contributed by atoms with Gasteiger partial charge in [-0.15, -0.1) is 0 Å². The SMILES string of the molecule is COC(=O)/C=C(\CO[Si](C)(C)C(C)(C)C)OCc1ccc(OC)cc1. The minimum Gasteiger partial charge on any atom is -0.497 e. The van der Waals surface area contributed by atoms with E-state index in [9.17, 15) is 4.79 Å². The molecule has 0 heterocycles. The fourth-order valence-electron chi connectivity index (χ4n) is 1.68. The Balaban J connectivity index is 2.76. The maximum Gasteiger partial charge on any atom is 0.333 e. The first-order chi connectivity index (χ1) is 11.6. The molecule has 0 radical (unpaired) electrons. The van der Waals surface area contributed by atoms with E-state index in [1.807, 2.05) is 24.3 Å². The topological polar surface area (TPSA) is 54.0 Å². The lowest BCUT2D eigenvalue weighted by molar-refractivity contribution is -0.135. The van der Waals surface area contributed by atoms with E-state index in [1.165, 1.54) is 13.2 Å². The Kier molecular flexibility index (Phi) is 7.70. The summed E-state index contributed by atoms with van der Waals surface area (Å²) in [7, 11) is 1.03. The van der Waals surface area contributed by atoms with Gasteiger partial charge >= 0.3 is 5.97 Å². The first-order valence-corrected chi connectivity index (χ1v) is 11.2. The average Bonchev–Trinajstić information content (AvgIpc) is 2.56. The number of carbonyl (C=O) groups excluding carboxylic acids is 1. The van der Waals surface area contributed by atoms with Crippen LogP contribution in [0.3, 0.4) is 0 Å². The van der Waals surface area contributed by atoms with Crippen molar-refractivity contribution in [3.63, 3.8) is 0 Å². The van der Waals surface area contributed by atoms with E-state index in [-0.39, 0.29) is 11.6 Å². The van der Waals surface area contributed by atoms with Gasteiger partial charge in [-0.2, -0.15) is 0 Å². The number of hydrogen-bond acceptors (Lipinski definition) is 5. The number of rotatable bonds is 8. The molecule has 25 heavy (non-hydrogen) atoms. The summed E-state index contributed by atoms with van der Waals surface area (Å²) in [5.41, 5.74) is 0.976. The summed E-state index contributed by atoms with van der Waals surface area (Å²) >= 11 is 0. The molecule has 0 atom stereocenters. The van der Waals surface area contributed by atoms with Crippen LogP contribution in [0.15, 0.2) is 36.1 Å². The molecule has 0 unspecified atom stereocenters. The molecule has 140 valence electrons. The monoisotopic (exact) mass is 366 g/mol. The average molecular weight is 367 g/mol. The fourth-order valence-corrected chi connectivity index (χ4v) is 2.62. The third kappa shape index (κ3) is 6.92. The van der Waals surface area contributed by atoms with Crippen LogP contribution >= 0.6 is 0 Å². The first-order valence-electron chi connectivity index (χ1n) is 8.27. The smallest absolute Gasteiger partial charge is 0.333 e. The predicted molar refractivity (Wildman–Crippen MR) is 101 cm³/mol. The summed E-state index contributed by atoms with van der Waals surface area (Å²) in [6, 6.07) is 7.58. The Morgan fingerprint density at radius 1 is 1.12 bits per heavy atom. The number of ether oxygens (including phenoxy) is 3. The molecule has 5 nitrogen and oxygen atoms in total. The third-order valence-electron chi connectivity index (χ3n) is 4.44. The minimum absolute atomic E-state index is 0.0827. The van der Waals surface area contributed by atoms with Gasteiger partial charge < -0.3 is 18.6 Å². The fraction of sp³-hybridized carbons (Fsp3) is 0.526. The van der Waals surface area contributed by atoms with Gasteiger partial charge in [0.05, 0.1) is 26.9 Å². The number of hydrogen-bond donors (Lipinski definition) is 0. The van der Waals surface area contributed by atoms with Crippen LogP contribution in [0.2, 0.25) is 18.1 Å². The lowest BCUT2D eigenvalue weighted by Gasteiger charge is -2.36. The van der Waals surface area contributed by atoms with Crippen molar-refractivity contribution < 1.29 is 23.4 Å². The van der Waals surface area contributed by atoms with Gasteiger partial charge in [0.25, 0.3) is 0 Å². The Morgan fingerprint density at radius 3 is 2.20 bits per heavy atom. The van der Waals surface area contributed by atoms with Gasteiger partial charge in [-0.25, -0.2) is 4.79 Å². The number of benzene rings is 1. The molecule has 0 spiro atoms. The second-order valence-electron chi connectivity index (χ2n) is 7.32. The zero-order chi connectivity index (χ0) is 19.1. The van der Waals surface area contributed by atoms with Gasteiger partial charge in [0.1, 0.15) is 18.1 Å². The van der Waals surface area contributed by atoms with E-state index in [2.05, 4.69) is 33.9 Å². The summed E-state index contributed by atoms with van der Waals surface area (Å²) in [4.78, 5) is 11.6. The van der Waals surface area contributed by atoms with Crippen LogP contribution in [0.5, 0.6) is 5.75 Å². The molecule has 0 aromatic heterocycles. The number of carbonyl (C=O) groups is 1. The summed E-state index contributed by atoms with van der Waals surface area (Å²) in [6.45, 7) is 11.4. The maximum absolute atomic E-state index is 11.6.